The van der Waals surface area contributed by atoms with Gasteiger partial charge in [0, 0.05) is 18.8 Å². The van der Waals surface area contributed by atoms with Crippen LogP contribution in [-0.4, -0.2) is 48.8 Å². The maximum absolute atomic E-state index is 13.3. The summed E-state index contributed by atoms with van der Waals surface area (Å²) in [5.41, 5.74) is 4.10. The predicted molar refractivity (Wildman–Crippen MR) is 129 cm³/mol. The van der Waals surface area contributed by atoms with Gasteiger partial charge < -0.3 is 9.32 Å². The molecule has 1 heterocycles. The summed E-state index contributed by atoms with van der Waals surface area (Å²) in [6.45, 7) is 5.67. The molecule has 7 unspecified atom stereocenters. The van der Waals surface area contributed by atoms with Crippen LogP contribution in [0.5, 0.6) is 0 Å². The van der Waals surface area contributed by atoms with Crippen molar-refractivity contribution in [2.45, 2.75) is 90.5 Å². The van der Waals surface area contributed by atoms with Gasteiger partial charge in [0.05, 0.1) is 20.6 Å². The number of hydrogen-bond donors (Lipinski definition) is 1. The van der Waals surface area contributed by atoms with Crippen molar-refractivity contribution in [2.75, 3.05) is 20.6 Å². The number of allylic oxidation sites excluding steroid dienone is 1. The van der Waals surface area contributed by atoms with E-state index in [1.54, 1.807) is 0 Å². The Kier molecular flexibility index (Phi) is 5.98. The van der Waals surface area contributed by atoms with E-state index in [-0.39, 0.29) is 34.7 Å². The summed E-state index contributed by atoms with van der Waals surface area (Å²) in [7, 11) is 4.14. The lowest BCUT2D eigenvalue weighted by atomic mass is 9.47. The first-order valence-corrected chi connectivity index (χ1v) is 13.6. The molecule has 0 aromatic carbocycles. The minimum Gasteiger partial charge on any atom is -0.335 e. The molecule has 3 saturated carbocycles. The van der Waals surface area contributed by atoms with Crippen molar-refractivity contribution >= 4 is 17.7 Å². The highest BCUT2D eigenvalue weighted by molar-refractivity contribution is 5.91. The minimum absolute atomic E-state index is 0.0418. The SMILES string of the molecule is CC12CCC(=O)C=C1CCC1C2CCC2(C)C(C(=O)NOC(=O)C3CCCC[N+]3(C)C)CCC12. The minimum atomic E-state index is -0.298. The van der Waals surface area contributed by atoms with Gasteiger partial charge in [-0.1, -0.05) is 19.4 Å². The number of nitrogens with one attached hydrogen (secondary N) is 1. The van der Waals surface area contributed by atoms with E-state index < -0.39 is 0 Å². The van der Waals surface area contributed by atoms with E-state index in [1.165, 1.54) is 5.57 Å². The molecule has 5 rings (SSSR count). The zero-order valence-corrected chi connectivity index (χ0v) is 21.5. The van der Waals surface area contributed by atoms with Crippen LogP contribution in [0.15, 0.2) is 11.6 Å². The van der Waals surface area contributed by atoms with Crippen molar-refractivity contribution in [3.63, 3.8) is 0 Å². The standard InChI is InChI=1S/C28H42N2O4/c1-27-14-12-19(31)17-18(27)8-9-20-21-10-11-23(28(21,2)15-13-22(20)27)25(32)29-34-26(33)24-7-5-6-16-30(24,3)4/h17,20-24H,5-16H2,1-4H3/p+1. The molecule has 4 aliphatic carbocycles. The van der Waals surface area contributed by atoms with E-state index in [1.807, 2.05) is 6.08 Å². The summed E-state index contributed by atoms with van der Waals surface area (Å²) in [5.74, 6) is 1.56. The Morgan fingerprint density at radius 2 is 1.79 bits per heavy atom. The van der Waals surface area contributed by atoms with Gasteiger partial charge in [-0.25, -0.2) is 4.79 Å². The molecule has 1 aliphatic heterocycles. The Morgan fingerprint density at radius 1 is 1.00 bits per heavy atom. The maximum atomic E-state index is 13.3. The molecule has 0 aromatic heterocycles. The van der Waals surface area contributed by atoms with Gasteiger partial charge in [0.25, 0.3) is 5.91 Å². The zero-order valence-electron chi connectivity index (χ0n) is 21.5. The van der Waals surface area contributed by atoms with Crippen molar-refractivity contribution in [1.82, 2.24) is 5.48 Å². The average molecular weight is 472 g/mol. The third-order valence-corrected chi connectivity index (χ3v) is 11.1. The molecule has 7 atom stereocenters. The van der Waals surface area contributed by atoms with Crippen LogP contribution in [0, 0.1) is 34.5 Å². The van der Waals surface area contributed by atoms with Crippen LogP contribution in [0.3, 0.4) is 0 Å². The number of ketones is 1. The summed E-state index contributed by atoms with van der Waals surface area (Å²) >= 11 is 0. The number of hydroxylamine groups is 1. The smallest absolute Gasteiger partial charge is 0.335 e. The Hall–Kier alpha value is -1.69. The number of quaternary nitrogens is 1. The van der Waals surface area contributed by atoms with E-state index in [9.17, 15) is 14.4 Å². The monoisotopic (exact) mass is 471 g/mol. The third kappa shape index (κ3) is 3.75. The first-order chi connectivity index (χ1) is 16.1. The number of carbonyl (C=O) groups is 3. The second kappa shape index (κ2) is 8.46. The molecule has 34 heavy (non-hydrogen) atoms. The first kappa shape index (κ1) is 24.0. The highest BCUT2D eigenvalue weighted by Crippen LogP contribution is 2.66. The van der Waals surface area contributed by atoms with Crippen molar-refractivity contribution in [2.24, 2.45) is 34.5 Å². The molecule has 1 amide bonds. The van der Waals surface area contributed by atoms with Crippen LogP contribution in [0.4, 0.5) is 0 Å². The van der Waals surface area contributed by atoms with Crippen molar-refractivity contribution in [1.29, 1.82) is 0 Å². The van der Waals surface area contributed by atoms with E-state index in [2.05, 4.69) is 33.4 Å². The number of fused-ring (bicyclic) bond motifs is 5. The number of amides is 1. The Bertz CT molecular complexity index is 910. The summed E-state index contributed by atoms with van der Waals surface area (Å²) in [6, 6.07) is -0.205. The van der Waals surface area contributed by atoms with E-state index >= 15 is 0 Å². The Morgan fingerprint density at radius 3 is 2.56 bits per heavy atom. The molecule has 188 valence electrons. The number of carbonyl (C=O) groups excluding carboxylic acids is 3. The van der Waals surface area contributed by atoms with Gasteiger partial charge in [-0.05, 0) is 92.4 Å². The molecule has 6 nitrogen and oxygen atoms in total. The summed E-state index contributed by atoms with van der Waals surface area (Å²) in [5, 5.41) is 0. The van der Waals surface area contributed by atoms with E-state index in [0.717, 1.165) is 70.8 Å². The predicted octanol–water partition coefficient (Wildman–Crippen LogP) is 4.34. The normalized spacial score (nSPS) is 43.1. The Balaban J connectivity index is 1.25. The van der Waals surface area contributed by atoms with Crippen LogP contribution >= 0.6 is 0 Å². The molecule has 0 spiro atoms. The van der Waals surface area contributed by atoms with Crippen molar-refractivity contribution in [3.05, 3.63) is 11.6 Å². The Labute approximate surface area is 204 Å². The molecule has 6 heteroatoms. The molecular weight excluding hydrogens is 428 g/mol. The molecule has 1 saturated heterocycles. The molecule has 5 aliphatic rings. The molecule has 4 fully saturated rings. The van der Waals surface area contributed by atoms with Gasteiger partial charge in [-0.2, -0.15) is 5.48 Å². The number of likely N-dealkylation sites (N-methyl/N-ethyl adjacent to an activating group) is 1. The fourth-order valence-electron chi connectivity index (χ4n) is 9.00. The van der Waals surface area contributed by atoms with Gasteiger partial charge in [-0.15, -0.1) is 0 Å². The second-order valence-electron chi connectivity index (χ2n) is 13.0. The van der Waals surface area contributed by atoms with Gasteiger partial charge in [0.15, 0.2) is 11.8 Å². The van der Waals surface area contributed by atoms with Crippen molar-refractivity contribution in [3.8, 4) is 0 Å². The highest BCUT2D eigenvalue weighted by Gasteiger charge is 2.60. The van der Waals surface area contributed by atoms with Gasteiger partial charge in [-0.3, -0.25) is 9.59 Å². The summed E-state index contributed by atoms with van der Waals surface area (Å²) in [6.07, 6.45) is 12.9. The van der Waals surface area contributed by atoms with E-state index in [0.29, 0.717) is 34.4 Å². The quantitative estimate of drug-likeness (QED) is 0.480. The molecule has 0 bridgehead atoms. The number of likely N-dealkylation sites (tertiary alicyclic amines) is 1. The molecule has 0 aromatic rings. The second-order valence-corrected chi connectivity index (χ2v) is 13.0. The largest absolute Gasteiger partial charge is 0.389 e. The fraction of sp³-hybridized carbons (Fsp3) is 0.821. The molecule has 0 radical (unpaired) electrons. The maximum Gasteiger partial charge on any atom is 0.389 e. The number of nitrogens with zero attached hydrogens (tertiary/aromatic N) is 1. The van der Waals surface area contributed by atoms with Crippen LogP contribution in [0.25, 0.3) is 0 Å². The van der Waals surface area contributed by atoms with Gasteiger partial charge in [0.2, 0.25) is 0 Å². The fourth-order valence-corrected chi connectivity index (χ4v) is 9.00. The van der Waals surface area contributed by atoms with Crippen molar-refractivity contribution < 1.29 is 23.7 Å². The highest BCUT2D eigenvalue weighted by atomic mass is 16.7. The van der Waals surface area contributed by atoms with Gasteiger partial charge >= 0.3 is 5.97 Å². The third-order valence-electron chi connectivity index (χ3n) is 11.1. The molecule has 1 N–H and O–H groups in total. The van der Waals surface area contributed by atoms with Crippen LogP contribution < -0.4 is 5.48 Å². The molecular formula is C28H43N2O4+. The average Bonchev–Trinajstić information content (AvgIpc) is 3.15. The first-order valence-electron chi connectivity index (χ1n) is 13.6. The number of piperidine rings is 1. The lowest BCUT2D eigenvalue weighted by Gasteiger charge is -2.58. The van der Waals surface area contributed by atoms with Crippen LogP contribution in [-0.2, 0) is 19.2 Å². The lowest BCUT2D eigenvalue weighted by Crippen LogP contribution is -2.57. The zero-order chi connectivity index (χ0) is 24.3. The summed E-state index contributed by atoms with van der Waals surface area (Å²) in [4.78, 5) is 43.6. The van der Waals surface area contributed by atoms with Crippen LogP contribution in [0.1, 0.15) is 84.5 Å². The summed E-state index contributed by atoms with van der Waals surface area (Å²) < 4.78 is 0.627. The topological polar surface area (TPSA) is 72.5 Å². The number of rotatable bonds is 2. The van der Waals surface area contributed by atoms with E-state index in [4.69, 9.17) is 4.84 Å². The van der Waals surface area contributed by atoms with Crippen LogP contribution in [0.2, 0.25) is 0 Å². The van der Waals surface area contributed by atoms with Gasteiger partial charge in [0.1, 0.15) is 0 Å². The number of hydrogen-bond acceptors (Lipinski definition) is 4. The lowest BCUT2D eigenvalue weighted by molar-refractivity contribution is -0.911.